The first kappa shape index (κ1) is 27.5. The zero-order valence-electron chi connectivity index (χ0n) is 22.9. The molecular weight excluding hydrogens is 541 g/mol. The van der Waals surface area contributed by atoms with E-state index in [4.69, 9.17) is 19.2 Å². The Morgan fingerprint density at radius 2 is 1.90 bits per heavy atom. The highest BCUT2D eigenvalue weighted by atomic mass is 32.2. The number of benzene rings is 2. The lowest BCUT2D eigenvalue weighted by Crippen LogP contribution is -2.23. The molecule has 2 aromatic carbocycles. The normalized spacial score (nSPS) is 15.1. The number of nitrogens with zero attached hydrogens (tertiary/aromatic N) is 3. The third-order valence-corrected chi connectivity index (χ3v) is 8.38. The fraction of sp³-hybridized carbons (Fsp3) is 0.344. The molecule has 2 aliphatic rings. The highest BCUT2D eigenvalue weighted by molar-refractivity contribution is 7.99. The standard InChI is InChI=1S/C32H32FN3O4S/c1-21-14-27(25-16-26(33)31(37)36(18-25)17-23-10-11-29-30(15-23)40-20-39-29)35-32(34-21)41-13-12-28(24-8-3-2-4-9-24)38-19-22-6-5-7-22/h2-4,8-11,14-16,18,22,28H,5-7,12-13,17,19-20H2,1H3. The summed E-state index contributed by atoms with van der Waals surface area (Å²) in [5.41, 5.74) is 3.14. The van der Waals surface area contributed by atoms with Crippen LogP contribution in [0.15, 0.2) is 76.8 Å². The average molecular weight is 574 g/mol. The van der Waals surface area contributed by atoms with Crippen LogP contribution in [0.1, 0.15) is 48.6 Å². The summed E-state index contributed by atoms with van der Waals surface area (Å²) in [4.78, 5) is 22.0. The van der Waals surface area contributed by atoms with Gasteiger partial charge in [0.15, 0.2) is 22.5 Å². The van der Waals surface area contributed by atoms with Crippen molar-refractivity contribution in [2.24, 2.45) is 5.92 Å². The van der Waals surface area contributed by atoms with Crippen LogP contribution in [0.4, 0.5) is 4.39 Å². The Bertz CT molecular complexity index is 1580. The summed E-state index contributed by atoms with van der Waals surface area (Å²) in [6.07, 6.45) is 6.28. The third kappa shape index (κ3) is 6.63. The zero-order valence-corrected chi connectivity index (χ0v) is 23.7. The van der Waals surface area contributed by atoms with Crippen molar-refractivity contribution >= 4 is 11.8 Å². The molecule has 0 N–H and O–H groups in total. The minimum absolute atomic E-state index is 0.0161. The molecule has 41 heavy (non-hydrogen) atoms. The summed E-state index contributed by atoms with van der Waals surface area (Å²) >= 11 is 1.56. The van der Waals surface area contributed by atoms with E-state index in [1.54, 1.807) is 24.0 Å². The lowest BCUT2D eigenvalue weighted by Gasteiger charge is -2.28. The molecule has 1 saturated carbocycles. The van der Waals surface area contributed by atoms with Crippen molar-refractivity contribution in [2.45, 2.75) is 50.4 Å². The van der Waals surface area contributed by atoms with Crippen LogP contribution in [0.2, 0.25) is 0 Å². The minimum Gasteiger partial charge on any atom is -0.454 e. The molecule has 0 radical (unpaired) electrons. The maximum Gasteiger partial charge on any atom is 0.286 e. The van der Waals surface area contributed by atoms with E-state index < -0.39 is 11.4 Å². The van der Waals surface area contributed by atoms with Crippen molar-refractivity contribution in [3.8, 4) is 22.8 Å². The molecule has 0 saturated heterocycles. The molecular formula is C32H32FN3O4S. The van der Waals surface area contributed by atoms with Crippen LogP contribution < -0.4 is 15.0 Å². The summed E-state index contributed by atoms with van der Waals surface area (Å²) < 4.78 is 33.3. The largest absolute Gasteiger partial charge is 0.454 e. The summed E-state index contributed by atoms with van der Waals surface area (Å²) in [6, 6.07) is 18.8. The van der Waals surface area contributed by atoms with Crippen molar-refractivity contribution in [3.05, 3.63) is 99.9 Å². The molecule has 1 atom stereocenters. The summed E-state index contributed by atoms with van der Waals surface area (Å²) in [5.74, 6) is 1.88. The van der Waals surface area contributed by atoms with Crippen LogP contribution in [0.25, 0.3) is 11.3 Å². The Morgan fingerprint density at radius 1 is 1.07 bits per heavy atom. The van der Waals surface area contributed by atoms with Crippen LogP contribution in [0, 0.1) is 18.7 Å². The van der Waals surface area contributed by atoms with Gasteiger partial charge in [-0.15, -0.1) is 0 Å². The molecule has 6 rings (SSSR count). The van der Waals surface area contributed by atoms with E-state index in [2.05, 4.69) is 17.1 Å². The minimum atomic E-state index is -0.831. The monoisotopic (exact) mass is 573 g/mol. The maximum atomic E-state index is 14.8. The number of halogens is 1. The molecule has 1 aliphatic heterocycles. The SMILES string of the molecule is Cc1cc(-c2cc(F)c(=O)n(Cc3ccc4c(c3)OCO4)c2)nc(SCCC(OCC2CCC2)c2ccccc2)n1. The number of thioether (sulfide) groups is 1. The van der Waals surface area contributed by atoms with E-state index in [1.165, 1.54) is 35.5 Å². The first-order valence-corrected chi connectivity index (χ1v) is 14.9. The van der Waals surface area contributed by atoms with Crippen molar-refractivity contribution in [1.29, 1.82) is 0 Å². The Morgan fingerprint density at radius 3 is 2.71 bits per heavy atom. The number of rotatable bonds is 11. The predicted octanol–water partition coefficient (Wildman–Crippen LogP) is 6.57. The Labute approximate surface area is 242 Å². The summed E-state index contributed by atoms with van der Waals surface area (Å²) in [5, 5.41) is 0.611. The molecule has 0 spiro atoms. The zero-order chi connectivity index (χ0) is 28.2. The lowest BCUT2D eigenvalue weighted by molar-refractivity contribution is 0.00813. The van der Waals surface area contributed by atoms with Crippen molar-refractivity contribution in [3.63, 3.8) is 0 Å². The van der Waals surface area contributed by atoms with Gasteiger partial charge < -0.3 is 18.8 Å². The number of ether oxygens (including phenoxy) is 3. The average Bonchev–Trinajstić information content (AvgIpc) is 3.42. The summed E-state index contributed by atoms with van der Waals surface area (Å²) in [6.45, 7) is 3.04. The molecule has 4 aromatic rings. The van der Waals surface area contributed by atoms with Gasteiger partial charge in [0.2, 0.25) is 6.79 Å². The number of hydrogen-bond acceptors (Lipinski definition) is 7. The van der Waals surface area contributed by atoms with Gasteiger partial charge in [-0.2, -0.15) is 0 Å². The van der Waals surface area contributed by atoms with E-state index >= 15 is 0 Å². The number of aryl methyl sites for hydroxylation is 1. The second kappa shape index (κ2) is 12.4. The first-order chi connectivity index (χ1) is 20.0. The van der Waals surface area contributed by atoms with Gasteiger partial charge in [-0.05, 0) is 67.5 Å². The van der Waals surface area contributed by atoms with Crippen LogP contribution in [0.5, 0.6) is 11.5 Å². The molecule has 7 nitrogen and oxygen atoms in total. The second-order valence-corrected chi connectivity index (χ2v) is 11.6. The van der Waals surface area contributed by atoms with E-state index in [-0.39, 0.29) is 19.4 Å². The van der Waals surface area contributed by atoms with Gasteiger partial charge in [-0.3, -0.25) is 4.79 Å². The first-order valence-electron chi connectivity index (χ1n) is 14.0. The van der Waals surface area contributed by atoms with E-state index in [0.29, 0.717) is 33.8 Å². The highest BCUT2D eigenvalue weighted by Crippen LogP contribution is 2.33. The van der Waals surface area contributed by atoms with Crippen molar-refractivity contribution in [2.75, 3.05) is 19.2 Å². The molecule has 1 unspecified atom stereocenters. The number of pyridine rings is 1. The van der Waals surface area contributed by atoms with Crippen LogP contribution >= 0.6 is 11.8 Å². The smallest absolute Gasteiger partial charge is 0.286 e. The van der Waals surface area contributed by atoms with Crippen LogP contribution in [-0.4, -0.2) is 33.7 Å². The van der Waals surface area contributed by atoms with Gasteiger partial charge in [-0.25, -0.2) is 14.4 Å². The lowest BCUT2D eigenvalue weighted by atomic mass is 9.86. The third-order valence-electron chi connectivity index (χ3n) is 7.50. The molecule has 2 aromatic heterocycles. The quantitative estimate of drug-likeness (QED) is 0.148. The van der Waals surface area contributed by atoms with Crippen LogP contribution in [0.3, 0.4) is 0 Å². The number of fused-ring (bicyclic) bond motifs is 1. The molecule has 1 fully saturated rings. The molecule has 0 amide bonds. The number of aromatic nitrogens is 3. The summed E-state index contributed by atoms with van der Waals surface area (Å²) in [7, 11) is 0. The van der Waals surface area contributed by atoms with Gasteiger partial charge in [0.05, 0.1) is 24.9 Å². The molecule has 1 aliphatic carbocycles. The Kier molecular flexibility index (Phi) is 8.34. The van der Waals surface area contributed by atoms with E-state index in [9.17, 15) is 9.18 Å². The van der Waals surface area contributed by atoms with Crippen molar-refractivity contribution < 1.29 is 18.6 Å². The van der Waals surface area contributed by atoms with Gasteiger partial charge in [0.1, 0.15) is 0 Å². The van der Waals surface area contributed by atoms with E-state index in [1.807, 2.05) is 43.3 Å². The van der Waals surface area contributed by atoms with Gasteiger partial charge in [0.25, 0.3) is 5.56 Å². The Balaban J connectivity index is 1.17. The molecule has 0 bridgehead atoms. The van der Waals surface area contributed by atoms with E-state index in [0.717, 1.165) is 30.0 Å². The molecule has 212 valence electrons. The van der Waals surface area contributed by atoms with Gasteiger partial charge >= 0.3 is 0 Å². The fourth-order valence-electron chi connectivity index (χ4n) is 5.03. The fourth-order valence-corrected chi connectivity index (χ4v) is 5.92. The van der Waals surface area contributed by atoms with Gasteiger partial charge in [-0.1, -0.05) is 54.6 Å². The predicted molar refractivity (Wildman–Crippen MR) is 156 cm³/mol. The number of hydrogen-bond donors (Lipinski definition) is 0. The van der Waals surface area contributed by atoms with Crippen molar-refractivity contribution in [1.82, 2.24) is 14.5 Å². The Hall–Kier alpha value is -3.69. The van der Waals surface area contributed by atoms with Crippen LogP contribution in [-0.2, 0) is 11.3 Å². The second-order valence-electron chi connectivity index (χ2n) is 10.5. The van der Waals surface area contributed by atoms with Gasteiger partial charge in [0, 0.05) is 23.2 Å². The molecule has 3 heterocycles. The maximum absolute atomic E-state index is 14.8. The topological polar surface area (TPSA) is 75.5 Å². The molecule has 9 heteroatoms. The highest BCUT2D eigenvalue weighted by Gasteiger charge is 2.21.